The van der Waals surface area contributed by atoms with Gasteiger partial charge in [0.05, 0.1) is 17.6 Å². The van der Waals surface area contributed by atoms with Gasteiger partial charge in [0.25, 0.3) is 0 Å². The summed E-state index contributed by atoms with van der Waals surface area (Å²) >= 11 is 0.964. The number of fused-ring (bicyclic) bond motifs is 1. The molecule has 2 amide bonds. The predicted octanol–water partition coefficient (Wildman–Crippen LogP) is 1.51. The molecule has 1 saturated heterocycles. The summed E-state index contributed by atoms with van der Waals surface area (Å²) in [5.74, 6) is -1.12. The molecule has 1 aliphatic heterocycles. The fourth-order valence-corrected chi connectivity index (χ4v) is 5.65. The van der Waals surface area contributed by atoms with Crippen LogP contribution in [0.4, 0.5) is 0 Å². The van der Waals surface area contributed by atoms with Crippen LogP contribution in [0.25, 0.3) is 11.0 Å². The molecule has 0 spiro atoms. The van der Waals surface area contributed by atoms with E-state index in [1.807, 2.05) is 20.8 Å². The molecule has 11 heteroatoms. The zero-order chi connectivity index (χ0) is 22.1. The molecule has 1 aromatic heterocycles. The zero-order valence-electron chi connectivity index (χ0n) is 17.5. The first kappa shape index (κ1) is 22.6. The second-order valence-corrected chi connectivity index (χ2v) is 11.0. The Bertz CT molecular complexity index is 1040. The molecular formula is C19H27N5O4S2. The summed E-state index contributed by atoms with van der Waals surface area (Å²) in [5.41, 5.74) is 0.477. The fourth-order valence-electron chi connectivity index (χ4n) is 3.38. The molecule has 0 bridgehead atoms. The van der Waals surface area contributed by atoms with Gasteiger partial charge < -0.3 is 10.6 Å². The van der Waals surface area contributed by atoms with E-state index in [2.05, 4.69) is 19.4 Å². The summed E-state index contributed by atoms with van der Waals surface area (Å²) < 4.78 is 36.0. The Morgan fingerprint density at radius 1 is 1.27 bits per heavy atom. The Kier molecular flexibility index (Phi) is 6.44. The van der Waals surface area contributed by atoms with Gasteiger partial charge in [0.1, 0.15) is 22.0 Å². The van der Waals surface area contributed by atoms with E-state index in [0.29, 0.717) is 30.4 Å². The van der Waals surface area contributed by atoms with Gasteiger partial charge in [-0.05, 0) is 52.7 Å². The third kappa shape index (κ3) is 4.96. The van der Waals surface area contributed by atoms with Crippen LogP contribution in [0, 0.1) is 5.92 Å². The molecule has 1 aliphatic rings. The first-order valence-electron chi connectivity index (χ1n) is 9.83. The molecule has 2 atom stereocenters. The Balaban J connectivity index is 1.71. The lowest BCUT2D eigenvalue weighted by atomic mass is 9.98. The number of carbonyl (C=O) groups excluding carboxylic acids is 2. The van der Waals surface area contributed by atoms with Gasteiger partial charge in [-0.1, -0.05) is 6.07 Å². The Morgan fingerprint density at radius 3 is 2.70 bits per heavy atom. The second-order valence-electron chi connectivity index (χ2n) is 8.56. The minimum absolute atomic E-state index is 0.0652. The van der Waals surface area contributed by atoms with E-state index in [0.717, 1.165) is 11.7 Å². The number of rotatable bonds is 5. The number of nitrogens with zero attached hydrogens (tertiary/aromatic N) is 3. The van der Waals surface area contributed by atoms with Crippen LogP contribution in [0.5, 0.6) is 0 Å². The molecule has 2 aromatic rings. The highest BCUT2D eigenvalue weighted by Crippen LogP contribution is 2.28. The lowest BCUT2D eigenvalue weighted by molar-refractivity contribution is -0.132. The number of sulfonamides is 1. The SMILES string of the molecule is C[C@H](NC(=O)[C@@H]1CCCN(S(=O)(=O)c2cccc3nsnc23)C1)C(=O)NC(C)(C)C. The maximum atomic E-state index is 13.2. The number of amides is 2. The Hall–Kier alpha value is -2.11. The summed E-state index contributed by atoms with van der Waals surface area (Å²) in [5, 5.41) is 5.54. The molecule has 0 unspecified atom stereocenters. The van der Waals surface area contributed by atoms with Gasteiger partial charge in [0, 0.05) is 18.6 Å². The Morgan fingerprint density at radius 2 is 2.00 bits per heavy atom. The number of nitrogens with one attached hydrogen (secondary N) is 2. The van der Waals surface area contributed by atoms with Crippen LogP contribution in [-0.2, 0) is 19.6 Å². The minimum atomic E-state index is -3.82. The number of carbonyl (C=O) groups is 2. The van der Waals surface area contributed by atoms with E-state index in [-0.39, 0.29) is 23.3 Å². The number of piperidine rings is 1. The van der Waals surface area contributed by atoms with Crippen molar-refractivity contribution in [1.29, 1.82) is 0 Å². The van der Waals surface area contributed by atoms with Gasteiger partial charge in [-0.2, -0.15) is 13.1 Å². The first-order chi connectivity index (χ1) is 14.0. The van der Waals surface area contributed by atoms with Crippen molar-refractivity contribution in [2.24, 2.45) is 5.92 Å². The molecule has 2 heterocycles. The maximum absolute atomic E-state index is 13.2. The molecule has 0 radical (unpaired) electrons. The van der Waals surface area contributed by atoms with Crippen molar-refractivity contribution in [2.75, 3.05) is 13.1 Å². The number of aromatic nitrogens is 2. The van der Waals surface area contributed by atoms with E-state index in [4.69, 9.17) is 0 Å². The molecule has 164 valence electrons. The van der Waals surface area contributed by atoms with Crippen LogP contribution in [0.1, 0.15) is 40.5 Å². The van der Waals surface area contributed by atoms with E-state index >= 15 is 0 Å². The summed E-state index contributed by atoms with van der Waals surface area (Å²) in [4.78, 5) is 25.1. The third-order valence-corrected chi connectivity index (χ3v) is 7.31. The average Bonchev–Trinajstić information content (AvgIpc) is 3.15. The van der Waals surface area contributed by atoms with Gasteiger partial charge in [-0.3, -0.25) is 9.59 Å². The molecular weight excluding hydrogens is 426 g/mol. The molecule has 0 saturated carbocycles. The molecule has 2 N–H and O–H groups in total. The number of hydrogen-bond acceptors (Lipinski definition) is 7. The minimum Gasteiger partial charge on any atom is -0.350 e. The first-order valence-corrected chi connectivity index (χ1v) is 12.0. The van der Waals surface area contributed by atoms with Crippen molar-refractivity contribution in [2.45, 2.75) is 57.0 Å². The van der Waals surface area contributed by atoms with Crippen molar-refractivity contribution in [3.8, 4) is 0 Å². The third-order valence-electron chi connectivity index (χ3n) is 4.87. The average molecular weight is 454 g/mol. The summed E-state index contributed by atoms with van der Waals surface area (Å²) in [6, 6.07) is 4.16. The largest absolute Gasteiger partial charge is 0.350 e. The molecule has 3 rings (SSSR count). The van der Waals surface area contributed by atoms with Crippen molar-refractivity contribution >= 4 is 44.6 Å². The summed E-state index contributed by atoms with van der Waals surface area (Å²) in [6.45, 7) is 7.60. The van der Waals surface area contributed by atoms with E-state index < -0.39 is 27.5 Å². The van der Waals surface area contributed by atoms with Crippen LogP contribution in [-0.4, -0.2) is 58.0 Å². The highest BCUT2D eigenvalue weighted by atomic mass is 32.2. The lowest BCUT2D eigenvalue weighted by Crippen LogP contribution is -2.53. The zero-order valence-corrected chi connectivity index (χ0v) is 19.1. The van der Waals surface area contributed by atoms with Gasteiger partial charge in [0.15, 0.2) is 0 Å². The summed E-state index contributed by atoms with van der Waals surface area (Å²) in [7, 11) is -3.82. The number of hydrogen-bond donors (Lipinski definition) is 2. The van der Waals surface area contributed by atoms with Crippen LogP contribution in [0.3, 0.4) is 0 Å². The van der Waals surface area contributed by atoms with Crippen molar-refractivity contribution in [3.63, 3.8) is 0 Å². The molecule has 0 aliphatic carbocycles. The van der Waals surface area contributed by atoms with Crippen LogP contribution in [0.15, 0.2) is 23.1 Å². The van der Waals surface area contributed by atoms with Crippen LogP contribution in [0.2, 0.25) is 0 Å². The van der Waals surface area contributed by atoms with E-state index in [1.54, 1.807) is 19.1 Å². The summed E-state index contributed by atoms with van der Waals surface area (Å²) in [6.07, 6.45) is 1.12. The lowest BCUT2D eigenvalue weighted by Gasteiger charge is -2.32. The predicted molar refractivity (Wildman–Crippen MR) is 114 cm³/mol. The van der Waals surface area contributed by atoms with Crippen LogP contribution >= 0.6 is 11.7 Å². The quantitative estimate of drug-likeness (QED) is 0.708. The van der Waals surface area contributed by atoms with Crippen molar-refractivity contribution in [3.05, 3.63) is 18.2 Å². The maximum Gasteiger partial charge on any atom is 0.245 e. The van der Waals surface area contributed by atoms with Gasteiger partial charge >= 0.3 is 0 Å². The topological polar surface area (TPSA) is 121 Å². The van der Waals surface area contributed by atoms with E-state index in [9.17, 15) is 18.0 Å². The molecule has 30 heavy (non-hydrogen) atoms. The van der Waals surface area contributed by atoms with Crippen molar-refractivity contribution in [1.82, 2.24) is 23.7 Å². The standard InChI is InChI=1S/C19H27N5O4S2/c1-12(17(25)21-19(2,3)4)20-18(26)13-7-6-10-24(11-13)30(27,28)15-9-5-8-14-16(15)23-29-22-14/h5,8-9,12-13H,6-7,10-11H2,1-4H3,(H,20,26)(H,21,25)/t12-,13+/m0/s1. The normalized spacial score (nSPS) is 19.4. The molecule has 1 aromatic carbocycles. The van der Waals surface area contributed by atoms with Gasteiger partial charge in [-0.15, -0.1) is 0 Å². The highest BCUT2D eigenvalue weighted by Gasteiger charge is 2.35. The van der Waals surface area contributed by atoms with Crippen LogP contribution < -0.4 is 10.6 Å². The Labute approximate surface area is 180 Å². The second kappa shape index (κ2) is 8.56. The van der Waals surface area contributed by atoms with Gasteiger partial charge in [0.2, 0.25) is 21.8 Å². The smallest absolute Gasteiger partial charge is 0.245 e. The fraction of sp³-hybridized carbons (Fsp3) is 0.579. The molecule has 9 nitrogen and oxygen atoms in total. The van der Waals surface area contributed by atoms with E-state index in [1.165, 1.54) is 10.4 Å². The van der Waals surface area contributed by atoms with Crippen molar-refractivity contribution < 1.29 is 18.0 Å². The number of benzene rings is 1. The monoisotopic (exact) mass is 453 g/mol. The highest BCUT2D eigenvalue weighted by molar-refractivity contribution is 7.89. The molecule has 1 fully saturated rings. The van der Waals surface area contributed by atoms with Gasteiger partial charge in [-0.25, -0.2) is 8.42 Å².